The Balaban J connectivity index is 1.95. The van der Waals surface area contributed by atoms with Crippen molar-refractivity contribution in [3.63, 3.8) is 0 Å². The molecule has 0 spiro atoms. The van der Waals surface area contributed by atoms with Crippen LogP contribution < -0.4 is 10.5 Å². The quantitative estimate of drug-likeness (QED) is 0.252. The number of esters is 1. The van der Waals surface area contributed by atoms with E-state index >= 15 is 0 Å². The number of carbonyl (C=O) groups is 2. The molecule has 1 amide bonds. The molecule has 0 saturated heterocycles. The lowest BCUT2D eigenvalue weighted by molar-refractivity contribution is -0.384. The van der Waals surface area contributed by atoms with Crippen LogP contribution in [-0.2, 0) is 4.74 Å². The number of carbonyl (C=O) groups excluding carboxylic acids is 2. The second-order valence-corrected chi connectivity index (χ2v) is 7.10. The van der Waals surface area contributed by atoms with Crippen molar-refractivity contribution in [3.05, 3.63) is 100 Å². The van der Waals surface area contributed by atoms with E-state index in [1.807, 2.05) is 30.3 Å². The van der Waals surface area contributed by atoms with Crippen molar-refractivity contribution < 1.29 is 24.0 Å². The zero-order valence-electron chi connectivity index (χ0n) is 17.5. The van der Waals surface area contributed by atoms with Crippen LogP contribution in [0.4, 0.5) is 5.69 Å². The van der Waals surface area contributed by atoms with Gasteiger partial charge in [-0.05, 0) is 41.1 Å². The Bertz CT molecular complexity index is 1410. The molecule has 4 aromatic carbocycles. The molecule has 0 atom stereocenters. The smallest absolute Gasteiger partial charge is 0.338 e. The lowest BCUT2D eigenvalue weighted by Gasteiger charge is -2.15. The second-order valence-electron chi connectivity index (χ2n) is 7.10. The number of hydrogen-bond acceptors (Lipinski definition) is 6. The van der Waals surface area contributed by atoms with Crippen LogP contribution in [-0.4, -0.2) is 23.9 Å². The molecule has 0 aromatic heterocycles. The molecular formula is C25H18N2O6. The molecule has 0 saturated carbocycles. The third kappa shape index (κ3) is 4.09. The molecule has 2 N–H and O–H groups in total. The number of nitrogens with two attached hydrogens (primary N) is 1. The summed E-state index contributed by atoms with van der Waals surface area (Å²) in [5.41, 5.74) is 4.98. The molecule has 0 bridgehead atoms. The zero-order valence-corrected chi connectivity index (χ0v) is 17.5. The van der Waals surface area contributed by atoms with Gasteiger partial charge in [-0.3, -0.25) is 14.9 Å². The third-order valence-corrected chi connectivity index (χ3v) is 5.14. The number of ether oxygens (including phenoxy) is 2. The van der Waals surface area contributed by atoms with Crippen molar-refractivity contribution in [2.24, 2.45) is 5.73 Å². The minimum atomic E-state index is -0.884. The number of nitro groups is 1. The highest BCUT2D eigenvalue weighted by Gasteiger charge is 2.30. The highest BCUT2D eigenvalue weighted by atomic mass is 16.6. The number of nitrogens with zero attached hydrogens (tertiary/aromatic N) is 1. The first-order chi connectivity index (χ1) is 15.9. The topological polar surface area (TPSA) is 122 Å². The number of fused-ring (bicyclic) bond motifs is 1. The summed E-state index contributed by atoms with van der Waals surface area (Å²) in [7, 11) is 1.20. The Labute approximate surface area is 188 Å². The average molecular weight is 442 g/mol. The van der Waals surface area contributed by atoms with E-state index in [0.29, 0.717) is 5.75 Å². The van der Waals surface area contributed by atoms with Gasteiger partial charge < -0.3 is 15.2 Å². The van der Waals surface area contributed by atoms with Gasteiger partial charge in [0.05, 0.1) is 28.7 Å². The SMILES string of the molecule is COC(=O)c1ccccc1-c1c(C(N)=O)ccc(Oc2ccc3ccccc3c2)c1[N+](=O)[O-]. The van der Waals surface area contributed by atoms with E-state index in [1.165, 1.54) is 31.4 Å². The first-order valence-electron chi connectivity index (χ1n) is 9.86. The Morgan fingerprint density at radius 3 is 2.27 bits per heavy atom. The molecule has 0 fully saturated rings. The lowest BCUT2D eigenvalue weighted by Crippen LogP contribution is -2.15. The predicted molar refractivity (Wildman–Crippen MR) is 122 cm³/mol. The summed E-state index contributed by atoms with van der Waals surface area (Å²) >= 11 is 0. The fraction of sp³-hybridized carbons (Fsp3) is 0.0400. The fourth-order valence-electron chi connectivity index (χ4n) is 3.66. The summed E-state index contributed by atoms with van der Waals surface area (Å²) in [6, 6.07) is 21.7. The van der Waals surface area contributed by atoms with Gasteiger partial charge in [0.15, 0.2) is 0 Å². The van der Waals surface area contributed by atoms with Gasteiger partial charge in [-0.15, -0.1) is 0 Å². The molecule has 33 heavy (non-hydrogen) atoms. The summed E-state index contributed by atoms with van der Waals surface area (Å²) in [5, 5.41) is 14.1. The second kappa shape index (κ2) is 8.80. The number of amides is 1. The largest absolute Gasteiger partial charge is 0.465 e. The highest BCUT2D eigenvalue weighted by molar-refractivity contribution is 6.07. The van der Waals surface area contributed by atoms with E-state index in [0.717, 1.165) is 10.8 Å². The predicted octanol–water partition coefficient (Wildman–Crippen LogP) is 5.09. The van der Waals surface area contributed by atoms with Crippen LogP contribution in [0, 0.1) is 10.1 Å². The number of rotatable bonds is 6. The number of primary amides is 1. The molecular weight excluding hydrogens is 424 g/mol. The zero-order chi connectivity index (χ0) is 23.5. The van der Waals surface area contributed by atoms with Crippen molar-refractivity contribution in [2.75, 3.05) is 7.11 Å². The van der Waals surface area contributed by atoms with Crippen LogP contribution in [0.5, 0.6) is 11.5 Å². The summed E-state index contributed by atoms with van der Waals surface area (Å²) in [6.45, 7) is 0. The van der Waals surface area contributed by atoms with Gasteiger partial charge in [0.1, 0.15) is 5.75 Å². The number of nitro benzene ring substituents is 1. The van der Waals surface area contributed by atoms with Crippen molar-refractivity contribution >= 4 is 28.3 Å². The Hall–Kier alpha value is -4.72. The average Bonchev–Trinajstić information content (AvgIpc) is 2.82. The standard InChI is InChI=1S/C25H18N2O6/c1-32-25(29)19-9-5-4-8-18(19)22-20(24(26)28)12-13-21(23(22)27(30)31)33-17-11-10-15-6-2-3-7-16(15)14-17/h2-14H,1H3,(H2,26,28). The molecule has 0 heterocycles. The van der Waals surface area contributed by atoms with Crippen LogP contribution >= 0.6 is 0 Å². The Morgan fingerprint density at radius 1 is 0.879 bits per heavy atom. The molecule has 8 nitrogen and oxygen atoms in total. The van der Waals surface area contributed by atoms with Gasteiger partial charge in [0.25, 0.3) is 0 Å². The van der Waals surface area contributed by atoms with Crippen molar-refractivity contribution in [1.29, 1.82) is 0 Å². The molecule has 0 aliphatic heterocycles. The summed E-state index contributed by atoms with van der Waals surface area (Å²) in [4.78, 5) is 36.1. The third-order valence-electron chi connectivity index (χ3n) is 5.14. The minimum Gasteiger partial charge on any atom is -0.465 e. The van der Waals surface area contributed by atoms with Crippen LogP contribution in [0.2, 0.25) is 0 Å². The van der Waals surface area contributed by atoms with Gasteiger partial charge in [-0.25, -0.2) is 4.79 Å². The number of benzene rings is 4. The van der Waals surface area contributed by atoms with Crippen LogP contribution in [0.15, 0.2) is 78.9 Å². The first-order valence-corrected chi connectivity index (χ1v) is 9.86. The molecule has 0 radical (unpaired) electrons. The van der Waals surface area contributed by atoms with Crippen molar-refractivity contribution in [1.82, 2.24) is 0 Å². The van der Waals surface area contributed by atoms with E-state index in [4.69, 9.17) is 15.2 Å². The summed E-state index contributed by atoms with van der Waals surface area (Å²) in [6.07, 6.45) is 0. The molecule has 0 aliphatic carbocycles. The molecule has 4 rings (SSSR count). The van der Waals surface area contributed by atoms with E-state index in [2.05, 4.69) is 0 Å². The van der Waals surface area contributed by atoms with E-state index in [-0.39, 0.29) is 28.0 Å². The maximum Gasteiger partial charge on any atom is 0.338 e. The van der Waals surface area contributed by atoms with Gasteiger partial charge in [-0.2, -0.15) is 0 Å². The fourth-order valence-corrected chi connectivity index (χ4v) is 3.66. The Morgan fingerprint density at radius 2 is 1.58 bits per heavy atom. The van der Waals surface area contributed by atoms with E-state index in [9.17, 15) is 19.7 Å². The van der Waals surface area contributed by atoms with Gasteiger partial charge in [0, 0.05) is 5.56 Å². The van der Waals surface area contributed by atoms with Crippen LogP contribution in [0.1, 0.15) is 20.7 Å². The molecule has 4 aromatic rings. The number of hydrogen-bond donors (Lipinski definition) is 1. The Kier molecular flexibility index (Phi) is 5.73. The van der Waals surface area contributed by atoms with Crippen molar-refractivity contribution in [2.45, 2.75) is 0 Å². The van der Waals surface area contributed by atoms with E-state index in [1.54, 1.807) is 24.3 Å². The normalized spacial score (nSPS) is 10.6. The molecule has 0 unspecified atom stereocenters. The summed E-state index contributed by atoms with van der Waals surface area (Å²) in [5.74, 6) is -1.33. The summed E-state index contributed by atoms with van der Waals surface area (Å²) < 4.78 is 10.7. The maximum absolute atomic E-state index is 12.3. The minimum absolute atomic E-state index is 0.0495. The lowest BCUT2D eigenvalue weighted by atomic mass is 9.93. The number of methoxy groups -OCH3 is 1. The molecule has 8 heteroatoms. The monoisotopic (exact) mass is 442 g/mol. The first kappa shape index (κ1) is 21.5. The van der Waals surface area contributed by atoms with Crippen LogP contribution in [0.25, 0.3) is 21.9 Å². The van der Waals surface area contributed by atoms with Gasteiger partial charge >= 0.3 is 11.7 Å². The van der Waals surface area contributed by atoms with Crippen LogP contribution in [0.3, 0.4) is 0 Å². The maximum atomic E-state index is 12.3. The van der Waals surface area contributed by atoms with Gasteiger partial charge in [0.2, 0.25) is 11.7 Å². The molecule has 164 valence electrons. The highest BCUT2D eigenvalue weighted by Crippen LogP contribution is 2.43. The van der Waals surface area contributed by atoms with Crippen molar-refractivity contribution in [3.8, 4) is 22.6 Å². The van der Waals surface area contributed by atoms with Gasteiger partial charge in [-0.1, -0.05) is 48.5 Å². The molecule has 0 aliphatic rings. The van der Waals surface area contributed by atoms with E-state index < -0.39 is 22.5 Å².